The molecule has 5 atom stereocenters. The molecule has 1 fully saturated rings. The largest absolute Gasteiger partial charge is 0.394 e. The summed E-state index contributed by atoms with van der Waals surface area (Å²) in [5.41, 5.74) is 5.26. The molecule has 0 aromatic heterocycles. The Labute approximate surface area is 152 Å². The van der Waals surface area contributed by atoms with Crippen molar-refractivity contribution in [3.8, 4) is 0 Å². The Morgan fingerprint density at radius 2 is 0.963 bits per heavy atom. The molecule has 0 bridgehead atoms. The second-order valence-electron chi connectivity index (χ2n) is 4.15. The minimum absolute atomic E-state index is 0.470. The zero-order valence-electron chi connectivity index (χ0n) is 12.7. The molecular weight excluding hydrogens is 454 g/mol. The molecule has 0 amide bonds. The fourth-order valence-corrected chi connectivity index (χ4v) is 1.12. The van der Waals surface area contributed by atoms with Crippen LogP contribution in [0.5, 0.6) is 0 Å². The van der Waals surface area contributed by atoms with Crippen molar-refractivity contribution in [2.24, 2.45) is 5.73 Å². The van der Waals surface area contributed by atoms with Gasteiger partial charge in [0.2, 0.25) is 0 Å². The predicted molar refractivity (Wildman–Crippen MR) is 80.5 cm³/mol. The lowest BCUT2D eigenvalue weighted by Gasteiger charge is -2.38. The van der Waals surface area contributed by atoms with Crippen LogP contribution in [0.4, 0.5) is 0 Å². The molecule has 168 valence electrons. The van der Waals surface area contributed by atoms with Crippen LogP contribution in [0.15, 0.2) is 0 Å². The highest BCUT2D eigenvalue weighted by Crippen LogP contribution is 2.17. The SMILES string of the molecule is N[C@@H]1[C@@H](O)[C@H](O)[C@@H](CO)O[C@H]1O.O=S(=O)(O)O.O=S(=O)(O)O.O=S(=O)(O)O. The summed E-state index contributed by atoms with van der Waals surface area (Å²) in [6, 6.07) is -1.04. The molecule has 1 heterocycles. The van der Waals surface area contributed by atoms with Crippen molar-refractivity contribution in [1.82, 2.24) is 0 Å². The quantitative estimate of drug-likeness (QED) is 0.158. The minimum atomic E-state index is -4.67. The van der Waals surface area contributed by atoms with E-state index in [1.54, 1.807) is 0 Å². The Morgan fingerprint density at radius 1 is 0.704 bits per heavy atom. The van der Waals surface area contributed by atoms with E-state index in [4.69, 9.17) is 73.3 Å². The maximum Gasteiger partial charge on any atom is 0.394 e. The van der Waals surface area contributed by atoms with Gasteiger partial charge in [-0.2, -0.15) is 25.3 Å². The predicted octanol–water partition coefficient (Wildman–Crippen LogP) is -5.21. The van der Waals surface area contributed by atoms with Gasteiger partial charge in [0, 0.05) is 0 Å². The van der Waals surface area contributed by atoms with Gasteiger partial charge in [-0.25, -0.2) is 0 Å². The molecule has 0 unspecified atom stereocenters. The van der Waals surface area contributed by atoms with E-state index in [1.165, 1.54) is 0 Å². The van der Waals surface area contributed by atoms with Crippen molar-refractivity contribution in [2.75, 3.05) is 6.61 Å². The molecule has 18 nitrogen and oxygen atoms in total. The van der Waals surface area contributed by atoms with Crippen molar-refractivity contribution in [2.45, 2.75) is 30.6 Å². The van der Waals surface area contributed by atoms with E-state index in [1.807, 2.05) is 0 Å². The lowest BCUT2D eigenvalue weighted by Crippen LogP contribution is -2.61. The molecule has 0 aliphatic carbocycles. The maximum atomic E-state index is 9.20. The summed E-state index contributed by atoms with van der Waals surface area (Å²) in [4.78, 5) is 0. The third kappa shape index (κ3) is 30.3. The molecule has 0 aromatic carbocycles. The zero-order valence-corrected chi connectivity index (χ0v) is 15.2. The zero-order chi connectivity index (χ0) is 22.8. The molecule has 0 aromatic rings. The molecule has 0 radical (unpaired) electrons. The monoisotopic (exact) mass is 473 g/mol. The molecule has 1 aliphatic rings. The van der Waals surface area contributed by atoms with Crippen LogP contribution < -0.4 is 5.73 Å². The highest BCUT2D eigenvalue weighted by atomic mass is 32.3. The summed E-state index contributed by atoms with van der Waals surface area (Å²) in [5.74, 6) is 0. The first-order valence-corrected chi connectivity index (χ1v) is 9.92. The van der Waals surface area contributed by atoms with Gasteiger partial charge in [0.05, 0.1) is 12.6 Å². The Balaban J connectivity index is -0.000000323. The van der Waals surface area contributed by atoms with Gasteiger partial charge in [-0.15, -0.1) is 0 Å². The molecule has 27 heavy (non-hydrogen) atoms. The first-order valence-electron chi connectivity index (χ1n) is 5.73. The van der Waals surface area contributed by atoms with Gasteiger partial charge >= 0.3 is 31.2 Å². The van der Waals surface area contributed by atoms with Crippen LogP contribution in [0.1, 0.15) is 0 Å². The highest BCUT2D eigenvalue weighted by Gasteiger charge is 2.41. The summed E-state index contributed by atoms with van der Waals surface area (Å²) >= 11 is 0. The summed E-state index contributed by atoms with van der Waals surface area (Å²) in [6.45, 7) is -0.470. The van der Waals surface area contributed by atoms with E-state index in [-0.39, 0.29) is 0 Å². The Morgan fingerprint density at radius 3 is 1.19 bits per heavy atom. The van der Waals surface area contributed by atoms with Gasteiger partial charge in [0.1, 0.15) is 18.3 Å². The van der Waals surface area contributed by atoms with E-state index in [0.29, 0.717) is 0 Å². The van der Waals surface area contributed by atoms with Gasteiger partial charge in [-0.05, 0) is 0 Å². The topological polar surface area (TPSA) is 340 Å². The fraction of sp³-hybridized carbons (Fsp3) is 1.00. The first kappa shape index (κ1) is 31.1. The number of hydrogen-bond donors (Lipinski definition) is 11. The molecule has 1 saturated heterocycles. The van der Waals surface area contributed by atoms with Crippen molar-refractivity contribution < 1.29 is 77.7 Å². The van der Waals surface area contributed by atoms with Crippen LogP contribution in [0.3, 0.4) is 0 Å². The standard InChI is InChI=1S/C6H13NO5.3H2O4S/c7-3-5(10)4(9)2(1-8)12-6(3)11;3*1-5(2,3)4/h2-6,8-11H,1,7H2;3*(H2,1,2,3,4)/t2-,3-,4-,5-,6-;;;/m1.../s1. The highest BCUT2D eigenvalue weighted by molar-refractivity contribution is 7.80. The smallest absolute Gasteiger partial charge is 0.394 e. The number of ether oxygens (including phenoxy) is 1. The van der Waals surface area contributed by atoms with Crippen LogP contribution in [0.25, 0.3) is 0 Å². The number of hydrogen-bond acceptors (Lipinski definition) is 12. The second kappa shape index (κ2) is 12.8. The normalized spacial score (nSPS) is 28.3. The van der Waals surface area contributed by atoms with Gasteiger partial charge in [0.25, 0.3) is 0 Å². The van der Waals surface area contributed by atoms with E-state index < -0.39 is 68.4 Å². The Kier molecular flexibility index (Phi) is 14.7. The number of nitrogens with two attached hydrogens (primary N) is 1. The van der Waals surface area contributed by atoms with Gasteiger partial charge < -0.3 is 30.9 Å². The van der Waals surface area contributed by atoms with E-state index >= 15 is 0 Å². The minimum Gasteiger partial charge on any atom is -0.394 e. The lowest BCUT2D eigenvalue weighted by molar-refractivity contribution is -0.248. The molecule has 12 N–H and O–H groups in total. The maximum absolute atomic E-state index is 9.20. The summed E-state index contributed by atoms with van der Waals surface area (Å²) in [6.07, 6.45) is -4.85. The van der Waals surface area contributed by atoms with Gasteiger partial charge in [-0.3, -0.25) is 27.3 Å². The molecule has 1 aliphatic heterocycles. The molecule has 21 heteroatoms. The summed E-state index contributed by atoms with van der Waals surface area (Å²) in [7, 11) is -14.0. The van der Waals surface area contributed by atoms with E-state index in [0.717, 1.165) is 0 Å². The van der Waals surface area contributed by atoms with E-state index in [2.05, 4.69) is 0 Å². The van der Waals surface area contributed by atoms with Crippen molar-refractivity contribution in [1.29, 1.82) is 0 Å². The molecule has 0 saturated carbocycles. The number of rotatable bonds is 1. The molecular formula is C6H19NO17S3. The van der Waals surface area contributed by atoms with Crippen molar-refractivity contribution in [3.05, 3.63) is 0 Å². The van der Waals surface area contributed by atoms with Crippen molar-refractivity contribution >= 4 is 31.2 Å². The Bertz CT molecular complexity index is 599. The first-order chi connectivity index (χ1) is 11.6. The van der Waals surface area contributed by atoms with Crippen LogP contribution in [0, 0.1) is 0 Å². The van der Waals surface area contributed by atoms with Crippen LogP contribution >= 0.6 is 0 Å². The third-order valence-electron chi connectivity index (χ3n) is 1.95. The Hall–Kier alpha value is -0.630. The van der Waals surface area contributed by atoms with Crippen LogP contribution in [-0.4, -0.2) is 110 Å². The van der Waals surface area contributed by atoms with E-state index in [9.17, 15) is 10.2 Å². The third-order valence-corrected chi connectivity index (χ3v) is 1.95. The fourth-order valence-electron chi connectivity index (χ4n) is 1.12. The van der Waals surface area contributed by atoms with Crippen LogP contribution in [0.2, 0.25) is 0 Å². The molecule has 0 spiro atoms. The molecule has 1 rings (SSSR count). The number of aliphatic hydroxyl groups is 4. The number of aliphatic hydroxyl groups excluding tert-OH is 4. The van der Waals surface area contributed by atoms with Gasteiger partial charge in [0.15, 0.2) is 6.29 Å². The average Bonchev–Trinajstić information content (AvgIpc) is 2.34. The van der Waals surface area contributed by atoms with Gasteiger partial charge in [-0.1, -0.05) is 0 Å². The lowest BCUT2D eigenvalue weighted by atomic mass is 9.98. The average molecular weight is 473 g/mol. The summed E-state index contributed by atoms with van der Waals surface area (Å²) in [5, 5.41) is 36.1. The van der Waals surface area contributed by atoms with Crippen molar-refractivity contribution in [3.63, 3.8) is 0 Å². The summed E-state index contributed by atoms with van der Waals surface area (Å²) < 4.78 is 99.5. The second-order valence-corrected chi connectivity index (χ2v) is 6.84. The van der Waals surface area contributed by atoms with Crippen LogP contribution in [-0.2, 0) is 35.9 Å².